The van der Waals surface area contributed by atoms with Crippen molar-refractivity contribution in [2.24, 2.45) is 0 Å². The summed E-state index contributed by atoms with van der Waals surface area (Å²) < 4.78 is 0. The average molecular weight is 330 g/mol. The third-order valence-corrected chi connectivity index (χ3v) is 4.97. The number of rotatable bonds is 6. The molecule has 0 aromatic heterocycles. The summed E-state index contributed by atoms with van der Waals surface area (Å²) in [6, 6.07) is 7.38. The van der Waals surface area contributed by atoms with Gasteiger partial charge in [0.25, 0.3) is 5.91 Å². The van der Waals surface area contributed by atoms with Gasteiger partial charge in [-0.25, -0.2) is 0 Å². The van der Waals surface area contributed by atoms with Crippen LogP contribution in [0.4, 0.5) is 5.69 Å². The second-order valence-electron chi connectivity index (χ2n) is 6.38. The predicted molar refractivity (Wildman–Crippen MR) is 96.2 cm³/mol. The number of para-hydroxylation sites is 2. The molecule has 130 valence electrons. The van der Waals surface area contributed by atoms with E-state index in [4.69, 9.17) is 6.42 Å². The Kier molecular flexibility index (Phi) is 6.10. The van der Waals surface area contributed by atoms with E-state index in [-0.39, 0.29) is 5.91 Å². The van der Waals surface area contributed by atoms with E-state index in [0.717, 1.165) is 44.7 Å². The summed E-state index contributed by atoms with van der Waals surface area (Å²) in [6.07, 6.45) is 7.08. The minimum atomic E-state index is -0.520. The summed E-state index contributed by atoms with van der Waals surface area (Å²) in [7, 11) is 0. The Bertz CT molecular complexity index is 597. The molecule has 3 N–H and O–H groups in total. The molecule has 1 aliphatic heterocycles. The highest BCUT2D eigenvalue weighted by Gasteiger charge is 2.28. The van der Waals surface area contributed by atoms with Gasteiger partial charge in [0.15, 0.2) is 6.54 Å². The van der Waals surface area contributed by atoms with Crippen molar-refractivity contribution in [1.82, 2.24) is 5.32 Å². The van der Waals surface area contributed by atoms with Crippen LogP contribution < -0.4 is 15.1 Å². The molecule has 5 heteroatoms. The summed E-state index contributed by atoms with van der Waals surface area (Å²) in [4.78, 5) is 15.7. The number of benzene rings is 1. The largest absolute Gasteiger partial charge is 0.506 e. The van der Waals surface area contributed by atoms with Gasteiger partial charge in [0.1, 0.15) is 11.3 Å². The van der Waals surface area contributed by atoms with Gasteiger partial charge in [-0.1, -0.05) is 31.9 Å². The van der Waals surface area contributed by atoms with Crippen molar-refractivity contribution in [1.29, 1.82) is 0 Å². The maximum absolute atomic E-state index is 12.3. The van der Waals surface area contributed by atoms with Crippen LogP contribution in [0.5, 0.6) is 5.75 Å². The lowest BCUT2D eigenvalue weighted by molar-refractivity contribution is -0.892. The van der Waals surface area contributed by atoms with Crippen LogP contribution in [-0.4, -0.2) is 49.3 Å². The standard InChI is InChI=1S/C19H27N3O2/c1-4-19(5-2,6-3)20-18(24)15-21-11-13-22(14-12-21)16-9-7-8-10-17(16)23/h1,7-10,23H,5-6,11-15H2,2-3H3,(H,20,24)/p+1. The number of carbonyl (C=O) groups is 1. The van der Waals surface area contributed by atoms with E-state index >= 15 is 0 Å². The van der Waals surface area contributed by atoms with Crippen LogP contribution in [0.25, 0.3) is 0 Å². The molecule has 2 rings (SSSR count). The van der Waals surface area contributed by atoms with Crippen molar-refractivity contribution >= 4 is 11.6 Å². The van der Waals surface area contributed by atoms with Crippen molar-refractivity contribution in [3.8, 4) is 18.1 Å². The first-order chi connectivity index (χ1) is 11.5. The normalized spacial score (nSPS) is 15.8. The second-order valence-corrected chi connectivity index (χ2v) is 6.38. The van der Waals surface area contributed by atoms with Crippen molar-refractivity contribution in [3.05, 3.63) is 24.3 Å². The van der Waals surface area contributed by atoms with Crippen molar-refractivity contribution in [2.75, 3.05) is 37.6 Å². The molecule has 1 amide bonds. The van der Waals surface area contributed by atoms with Gasteiger partial charge < -0.3 is 20.2 Å². The number of nitrogens with zero attached hydrogens (tertiary/aromatic N) is 1. The molecule has 1 fully saturated rings. The van der Waals surface area contributed by atoms with Gasteiger partial charge in [0, 0.05) is 0 Å². The van der Waals surface area contributed by atoms with E-state index in [2.05, 4.69) is 16.1 Å². The molecular weight excluding hydrogens is 302 g/mol. The van der Waals surface area contributed by atoms with Gasteiger partial charge in [0.2, 0.25) is 0 Å². The SMILES string of the molecule is C#CC(CC)(CC)NC(=O)C[NH+]1CCN(c2ccccc2O)CC1. The zero-order valence-electron chi connectivity index (χ0n) is 14.6. The zero-order chi connectivity index (χ0) is 17.6. The van der Waals surface area contributed by atoms with E-state index in [1.54, 1.807) is 6.07 Å². The number of quaternary nitrogens is 1. The lowest BCUT2D eigenvalue weighted by Crippen LogP contribution is -3.16. The fraction of sp³-hybridized carbons (Fsp3) is 0.526. The lowest BCUT2D eigenvalue weighted by Gasteiger charge is -2.34. The van der Waals surface area contributed by atoms with E-state index in [0.29, 0.717) is 12.3 Å². The summed E-state index contributed by atoms with van der Waals surface area (Å²) in [5.41, 5.74) is 0.345. The van der Waals surface area contributed by atoms with Gasteiger partial charge in [-0.2, -0.15) is 0 Å². The molecule has 1 aliphatic rings. The number of hydrogen-bond acceptors (Lipinski definition) is 3. The number of terminal acetylenes is 1. The molecule has 1 aromatic rings. The van der Waals surface area contributed by atoms with Crippen LogP contribution in [0, 0.1) is 12.3 Å². The third-order valence-electron chi connectivity index (χ3n) is 4.97. The number of hydrogen-bond donors (Lipinski definition) is 3. The van der Waals surface area contributed by atoms with Gasteiger partial charge in [-0.05, 0) is 25.0 Å². The Labute approximate surface area is 144 Å². The fourth-order valence-electron chi connectivity index (χ4n) is 3.18. The summed E-state index contributed by atoms with van der Waals surface area (Å²) in [6.45, 7) is 7.82. The third kappa shape index (κ3) is 4.21. The van der Waals surface area contributed by atoms with Gasteiger partial charge in [-0.15, -0.1) is 6.42 Å². The predicted octanol–water partition coefficient (Wildman–Crippen LogP) is 0.405. The molecule has 1 heterocycles. The van der Waals surface area contributed by atoms with Crippen LogP contribution in [0.15, 0.2) is 24.3 Å². The monoisotopic (exact) mass is 330 g/mol. The molecular formula is C19H28N3O2+. The van der Waals surface area contributed by atoms with Crippen LogP contribution >= 0.6 is 0 Å². The minimum Gasteiger partial charge on any atom is -0.506 e. The Morgan fingerprint density at radius 3 is 2.50 bits per heavy atom. The van der Waals surface area contributed by atoms with Crippen molar-refractivity contribution < 1.29 is 14.8 Å². The Hall–Kier alpha value is -2.19. The van der Waals surface area contributed by atoms with Crippen LogP contribution in [0.1, 0.15) is 26.7 Å². The smallest absolute Gasteiger partial charge is 0.276 e. The first-order valence-corrected chi connectivity index (χ1v) is 8.69. The van der Waals surface area contributed by atoms with Crippen molar-refractivity contribution in [2.45, 2.75) is 32.2 Å². The first kappa shape index (κ1) is 18.2. The maximum atomic E-state index is 12.3. The molecule has 1 saturated heterocycles. The molecule has 1 aromatic carbocycles. The summed E-state index contributed by atoms with van der Waals surface area (Å²) >= 11 is 0. The number of phenolic OH excluding ortho intramolecular Hbond substituents is 1. The average Bonchev–Trinajstić information content (AvgIpc) is 2.61. The molecule has 0 unspecified atom stereocenters. The van der Waals surface area contributed by atoms with Crippen LogP contribution in [0.2, 0.25) is 0 Å². The van der Waals surface area contributed by atoms with Gasteiger partial charge >= 0.3 is 0 Å². The molecule has 5 nitrogen and oxygen atoms in total. The van der Waals surface area contributed by atoms with E-state index in [9.17, 15) is 9.90 Å². The van der Waals surface area contributed by atoms with Crippen molar-refractivity contribution in [3.63, 3.8) is 0 Å². The molecule has 0 atom stereocenters. The number of nitrogens with one attached hydrogen (secondary N) is 2. The summed E-state index contributed by atoms with van der Waals surface area (Å²) in [5.74, 6) is 3.07. The minimum absolute atomic E-state index is 0.0164. The Morgan fingerprint density at radius 1 is 1.33 bits per heavy atom. The van der Waals surface area contributed by atoms with E-state index < -0.39 is 5.54 Å². The number of piperazine rings is 1. The first-order valence-electron chi connectivity index (χ1n) is 8.69. The van der Waals surface area contributed by atoms with Crippen LogP contribution in [0.3, 0.4) is 0 Å². The fourth-order valence-corrected chi connectivity index (χ4v) is 3.18. The lowest BCUT2D eigenvalue weighted by atomic mass is 9.94. The number of amides is 1. The molecule has 24 heavy (non-hydrogen) atoms. The second kappa shape index (κ2) is 8.07. The molecule has 0 saturated carbocycles. The molecule has 0 spiro atoms. The Balaban J connectivity index is 1.86. The number of aromatic hydroxyl groups is 1. The quantitative estimate of drug-likeness (QED) is 0.662. The molecule has 0 radical (unpaired) electrons. The van der Waals surface area contributed by atoms with E-state index in [1.165, 1.54) is 4.90 Å². The highest BCUT2D eigenvalue weighted by molar-refractivity contribution is 5.78. The zero-order valence-corrected chi connectivity index (χ0v) is 14.6. The number of anilines is 1. The Morgan fingerprint density at radius 2 is 1.96 bits per heavy atom. The number of phenols is 1. The molecule has 0 bridgehead atoms. The van der Waals surface area contributed by atoms with Gasteiger partial charge in [-0.3, -0.25) is 4.79 Å². The topological polar surface area (TPSA) is 57.0 Å². The van der Waals surface area contributed by atoms with E-state index in [1.807, 2.05) is 32.0 Å². The van der Waals surface area contributed by atoms with Gasteiger partial charge in [0.05, 0.1) is 31.9 Å². The highest BCUT2D eigenvalue weighted by atomic mass is 16.3. The summed E-state index contributed by atoms with van der Waals surface area (Å²) in [5, 5.41) is 13.0. The highest BCUT2D eigenvalue weighted by Crippen LogP contribution is 2.25. The number of carbonyl (C=O) groups excluding carboxylic acids is 1. The van der Waals surface area contributed by atoms with Crippen LogP contribution in [-0.2, 0) is 4.79 Å². The maximum Gasteiger partial charge on any atom is 0.276 e. The molecule has 0 aliphatic carbocycles.